The first-order valence-electron chi connectivity index (χ1n) is 8.07. The number of nitrogens with one attached hydrogen (secondary N) is 1. The van der Waals surface area contributed by atoms with E-state index in [9.17, 15) is 4.79 Å². The number of nitrogens with zero attached hydrogens (tertiary/aromatic N) is 2. The first-order chi connectivity index (χ1) is 11.6. The van der Waals surface area contributed by atoms with Crippen molar-refractivity contribution in [1.29, 1.82) is 0 Å². The first-order valence-corrected chi connectivity index (χ1v) is 8.45. The Labute approximate surface area is 146 Å². The van der Waals surface area contributed by atoms with E-state index in [1.165, 1.54) is 0 Å². The van der Waals surface area contributed by atoms with Gasteiger partial charge in [0.05, 0.1) is 17.1 Å². The van der Waals surface area contributed by atoms with Crippen LogP contribution in [0.25, 0.3) is 11.0 Å². The van der Waals surface area contributed by atoms with Gasteiger partial charge in [0.25, 0.3) is 0 Å². The summed E-state index contributed by atoms with van der Waals surface area (Å²) in [6.07, 6.45) is 0.460. The van der Waals surface area contributed by atoms with Crippen molar-refractivity contribution in [3.8, 4) is 0 Å². The predicted octanol–water partition coefficient (Wildman–Crippen LogP) is 4.33. The Balaban J connectivity index is 2.01. The zero-order valence-corrected chi connectivity index (χ0v) is 14.5. The summed E-state index contributed by atoms with van der Waals surface area (Å²) < 4.78 is 2.15. The van der Waals surface area contributed by atoms with Crippen LogP contribution in [0.1, 0.15) is 37.7 Å². The third-order valence-electron chi connectivity index (χ3n) is 4.02. The number of carbonyl (C=O) groups excluding carboxylic acids is 1. The molecule has 0 saturated heterocycles. The molecule has 0 saturated carbocycles. The molecular weight excluding hydrogens is 322 g/mol. The molecule has 0 spiro atoms. The van der Waals surface area contributed by atoms with Crippen molar-refractivity contribution in [2.75, 3.05) is 0 Å². The van der Waals surface area contributed by atoms with Crippen molar-refractivity contribution in [2.45, 2.75) is 32.9 Å². The van der Waals surface area contributed by atoms with Crippen molar-refractivity contribution in [3.05, 3.63) is 64.9 Å². The van der Waals surface area contributed by atoms with Crippen molar-refractivity contribution >= 4 is 28.5 Å². The largest absolute Gasteiger partial charge is 0.346 e. The molecule has 2 aromatic carbocycles. The number of amides is 1. The second kappa shape index (κ2) is 7.05. The molecule has 0 bridgehead atoms. The zero-order valence-electron chi connectivity index (χ0n) is 13.8. The van der Waals surface area contributed by atoms with E-state index in [1.54, 1.807) is 0 Å². The number of carbonyl (C=O) groups is 1. The fraction of sp³-hybridized carbons (Fsp3) is 0.263. The average molecular weight is 342 g/mol. The third kappa shape index (κ3) is 3.44. The summed E-state index contributed by atoms with van der Waals surface area (Å²) >= 11 is 5.98. The highest BCUT2D eigenvalue weighted by Crippen LogP contribution is 2.23. The van der Waals surface area contributed by atoms with Gasteiger partial charge in [-0.1, -0.05) is 42.8 Å². The first kappa shape index (κ1) is 16.5. The molecule has 0 fully saturated rings. The van der Waals surface area contributed by atoms with Crippen LogP contribution in [0, 0.1) is 0 Å². The lowest BCUT2D eigenvalue weighted by Crippen LogP contribution is -2.28. The van der Waals surface area contributed by atoms with E-state index in [4.69, 9.17) is 16.6 Å². The minimum absolute atomic E-state index is 0.0209. The lowest BCUT2D eigenvalue weighted by atomic mass is 10.2. The molecule has 1 aromatic heterocycles. The highest BCUT2D eigenvalue weighted by Gasteiger charge is 2.18. The summed E-state index contributed by atoms with van der Waals surface area (Å²) in [5, 5.41) is 3.72. The maximum Gasteiger partial charge on any atom is 0.220 e. The van der Waals surface area contributed by atoms with Gasteiger partial charge in [-0.05, 0) is 36.8 Å². The molecule has 0 aliphatic carbocycles. The van der Waals surface area contributed by atoms with E-state index < -0.39 is 0 Å². The Morgan fingerprint density at radius 3 is 2.62 bits per heavy atom. The van der Waals surface area contributed by atoms with Gasteiger partial charge in [0, 0.05) is 18.0 Å². The zero-order chi connectivity index (χ0) is 17.1. The fourth-order valence-corrected chi connectivity index (χ4v) is 2.90. The van der Waals surface area contributed by atoms with Crippen LogP contribution in [0.2, 0.25) is 5.02 Å². The van der Waals surface area contributed by atoms with E-state index in [0.29, 0.717) is 13.0 Å². The van der Waals surface area contributed by atoms with Crippen LogP contribution in [0.3, 0.4) is 0 Å². The summed E-state index contributed by atoms with van der Waals surface area (Å²) in [7, 11) is 0. The van der Waals surface area contributed by atoms with E-state index >= 15 is 0 Å². The number of para-hydroxylation sites is 2. The number of halogens is 1. The second-order valence-electron chi connectivity index (χ2n) is 5.81. The number of aromatic nitrogens is 2. The van der Waals surface area contributed by atoms with Crippen molar-refractivity contribution in [3.63, 3.8) is 0 Å². The van der Waals surface area contributed by atoms with Crippen LogP contribution in [-0.4, -0.2) is 15.5 Å². The monoisotopic (exact) mass is 341 g/mol. The van der Waals surface area contributed by atoms with Gasteiger partial charge >= 0.3 is 0 Å². The van der Waals surface area contributed by atoms with Crippen LogP contribution in [0.4, 0.5) is 0 Å². The van der Waals surface area contributed by atoms with E-state index in [1.807, 2.05) is 56.3 Å². The Bertz CT molecular complexity index is 855. The van der Waals surface area contributed by atoms with Gasteiger partial charge in [-0.3, -0.25) is 4.79 Å². The van der Waals surface area contributed by atoms with Gasteiger partial charge in [0.2, 0.25) is 5.91 Å². The minimum Gasteiger partial charge on any atom is -0.346 e. The molecular formula is C19H20ClN3O. The Morgan fingerprint density at radius 1 is 1.21 bits per heavy atom. The number of imidazole rings is 1. The quantitative estimate of drug-likeness (QED) is 0.751. The van der Waals surface area contributed by atoms with Gasteiger partial charge in [0.15, 0.2) is 0 Å². The van der Waals surface area contributed by atoms with E-state index in [2.05, 4.69) is 16.0 Å². The SMILES string of the molecule is CCC(=O)N[C@@H](C)c1nc2ccccc2n1Cc1ccc(Cl)cc1. The summed E-state index contributed by atoms with van der Waals surface area (Å²) in [4.78, 5) is 16.5. The normalized spacial score (nSPS) is 12.3. The summed E-state index contributed by atoms with van der Waals surface area (Å²) in [5.74, 6) is 0.876. The molecule has 1 N–H and O–H groups in total. The smallest absolute Gasteiger partial charge is 0.220 e. The number of benzene rings is 2. The van der Waals surface area contributed by atoms with Crippen LogP contribution >= 0.6 is 11.6 Å². The highest BCUT2D eigenvalue weighted by atomic mass is 35.5. The standard InChI is InChI=1S/C19H20ClN3O/c1-3-18(24)21-13(2)19-22-16-6-4-5-7-17(16)23(19)12-14-8-10-15(20)11-9-14/h4-11,13H,3,12H2,1-2H3,(H,21,24)/t13-/m0/s1. The molecule has 1 heterocycles. The highest BCUT2D eigenvalue weighted by molar-refractivity contribution is 6.30. The van der Waals surface area contributed by atoms with Crippen molar-refractivity contribution in [1.82, 2.24) is 14.9 Å². The van der Waals surface area contributed by atoms with Crippen molar-refractivity contribution in [2.24, 2.45) is 0 Å². The number of rotatable bonds is 5. The molecule has 3 aromatic rings. The minimum atomic E-state index is -0.155. The van der Waals surface area contributed by atoms with Crippen molar-refractivity contribution < 1.29 is 4.79 Å². The Hall–Kier alpha value is -2.33. The van der Waals surface area contributed by atoms with Gasteiger partial charge in [-0.15, -0.1) is 0 Å². The molecule has 3 rings (SSSR count). The van der Waals surface area contributed by atoms with Gasteiger partial charge < -0.3 is 9.88 Å². The Morgan fingerprint density at radius 2 is 1.92 bits per heavy atom. The molecule has 4 nitrogen and oxygen atoms in total. The van der Waals surface area contributed by atoms with Gasteiger partial charge in [-0.2, -0.15) is 0 Å². The average Bonchev–Trinajstić information content (AvgIpc) is 2.95. The summed E-state index contributed by atoms with van der Waals surface area (Å²) in [6, 6.07) is 15.7. The second-order valence-corrected chi connectivity index (χ2v) is 6.25. The lowest BCUT2D eigenvalue weighted by Gasteiger charge is -2.16. The fourth-order valence-electron chi connectivity index (χ4n) is 2.77. The molecule has 0 radical (unpaired) electrons. The number of fused-ring (bicyclic) bond motifs is 1. The molecule has 124 valence electrons. The number of hydrogen-bond acceptors (Lipinski definition) is 2. The van der Waals surface area contributed by atoms with Gasteiger partial charge in [0.1, 0.15) is 5.82 Å². The van der Waals surface area contributed by atoms with E-state index in [0.717, 1.165) is 27.4 Å². The predicted molar refractivity (Wildman–Crippen MR) is 97.1 cm³/mol. The molecule has 0 aliphatic rings. The summed E-state index contributed by atoms with van der Waals surface area (Å²) in [6.45, 7) is 4.49. The number of hydrogen-bond donors (Lipinski definition) is 1. The third-order valence-corrected chi connectivity index (χ3v) is 4.28. The van der Waals surface area contributed by atoms with Crippen LogP contribution in [0.5, 0.6) is 0 Å². The summed E-state index contributed by atoms with van der Waals surface area (Å²) in [5.41, 5.74) is 3.12. The molecule has 1 amide bonds. The van der Waals surface area contributed by atoms with Crippen LogP contribution in [0.15, 0.2) is 48.5 Å². The maximum atomic E-state index is 11.8. The molecule has 1 atom stereocenters. The van der Waals surface area contributed by atoms with Crippen LogP contribution < -0.4 is 5.32 Å². The molecule has 24 heavy (non-hydrogen) atoms. The van der Waals surface area contributed by atoms with E-state index in [-0.39, 0.29) is 11.9 Å². The topological polar surface area (TPSA) is 46.9 Å². The van der Waals surface area contributed by atoms with Crippen LogP contribution in [-0.2, 0) is 11.3 Å². The maximum absolute atomic E-state index is 11.8. The lowest BCUT2D eigenvalue weighted by molar-refractivity contribution is -0.121. The molecule has 0 aliphatic heterocycles. The molecule has 0 unspecified atom stereocenters. The van der Waals surface area contributed by atoms with Gasteiger partial charge in [-0.25, -0.2) is 4.98 Å². The molecule has 5 heteroatoms. The Kier molecular flexibility index (Phi) is 4.86.